The van der Waals surface area contributed by atoms with E-state index in [1.165, 1.54) is 25.3 Å². The van der Waals surface area contributed by atoms with Gasteiger partial charge in [-0.1, -0.05) is 18.2 Å². The van der Waals surface area contributed by atoms with Gasteiger partial charge in [-0.3, -0.25) is 4.79 Å². The lowest BCUT2D eigenvalue weighted by molar-refractivity contribution is -0.113. The standard InChI is InChI=1S/C8H10ClNO/c1-6(7(2)11)5-8(9)3-4-10/h3-5H,1,10H2,2H3/b4-3-,8-5+. The van der Waals surface area contributed by atoms with Crippen LogP contribution in [0.3, 0.4) is 0 Å². The highest BCUT2D eigenvalue weighted by Gasteiger charge is 1.95. The van der Waals surface area contributed by atoms with Gasteiger partial charge in [0.05, 0.1) is 0 Å². The van der Waals surface area contributed by atoms with Crippen molar-refractivity contribution in [1.82, 2.24) is 0 Å². The summed E-state index contributed by atoms with van der Waals surface area (Å²) in [5, 5.41) is 0.396. The van der Waals surface area contributed by atoms with E-state index in [0.717, 1.165) is 0 Å². The summed E-state index contributed by atoms with van der Waals surface area (Å²) in [5.41, 5.74) is 5.43. The maximum atomic E-state index is 10.6. The number of nitrogens with two attached hydrogens (primary N) is 1. The quantitative estimate of drug-likeness (QED) is 0.519. The van der Waals surface area contributed by atoms with Gasteiger partial charge in [0, 0.05) is 10.6 Å². The van der Waals surface area contributed by atoms with Crippen LogP contribution in [0, 0.1) is 0 Å². The molecule has 2 N–H and O–H groups in total. The fourth-order valence-electron chi connectivity index (χ4n) is 0.408. The van der Waals surface area contributed by atoms with E-state index in [9.17, 15) is 4.79 Å². The summed E-state index contributed by atoms with van der Waals surface area (Å²) in [5.74, 6) is -0.103. The zero-order valence-corrected chi connectivity index (χ0v) is 7.06. The third-order valence-electron chi connectivity index (χ3n) is 1.02. The van der Waals surface area contributed by atoms with E-state index in [1.54, 1.807) is 0 Å². The van der Waals surface area contributed by atoms with Crippen LogP contribution in [0.5, 0.6) is 0 Å². The van der Waals surface area contributed by atoms with Crippen LogP contribution in [0.4, 0.5) is 0 Å². The van der Waals surface area contributed by atoms with E-state index >= 15 is 0 Å². The van der Waals surface area contributed by atoms with E-state index in [0.29, 0.717) is 10.6 Å². The van der Waals surface area contributed by atoms with Gasteiger partial charge in [0.2, 0.25) is 0 Å². The Hall–Kier alpha value is -1.02. The average molecular weight is 172 g/mol. The van der Waals surface area contributed by atoms with Gasteiger partial charge in [-0.05, 0) is 25.3 Å². The van der Waals surface area contributed by atoms with E-state index in [-0.39, 0.29) is 5.78 Å². The molecule has 0 aromatic rings. The lowest BCUT2D eigenvalue weighted by Gasteiger charge is -1.91. The predicted octanol–water partition coefficient (Wildman–Crippen LogP) is 1.73. The molecule has 0 aliphatic rings. The number of hydrogen-bond acceptors (Lipinski definition) is 2. The summed E-state index contributed by atoms with van der Waals surface area (Å²) in [6.45, 7) is 4.92. The second kappa shape index (κ2) is 4.74. The second-order valence-electron chi connectivity index (χ2n) is 1.97. The molecule has 0 unspecified atom stereocenters. The molecule has 11 heavy (non-hydrogen) atoms. The smallest absolute Gasteiger partial charge is 0.159 e. The van der Waals surface area contributed by atoms with Gasteiger partial charge in [0.25, 0.3) is 0 Å². The van der Waals surface area contributed by atoms with Crippen LogP contribution in [-0.4, -0.2) is 5.78 Å². The molecule has 2 nitrogen and oxygen atoms in total. The van der Waals surface area contributed by atoms with Crippen molar-refractivity contribution in [3.63, 3.8) is 0 Å². The Bertz CT molecular complexity index is 228. The Morgan fingerprint density at radius 1 is 1.64 bits per heavy atom. The first-order chi connectivity index (χ1) is 5.07. The predicted molar refractivity (Wildman–Crippen MR) is 47.1 cm³/mol. The number of carbonyl (C=O) groups is 1. The van der Waals surface area contributed by atoms with Gasteiger partial charge in [0.1, 0.15) is 0 Å². The van der Waals surface area contributed by atoms with Crippen LogP contribution in [-0.2, 0) is 4.79 Å². The third-order valence-corrected chi connectivity index (χ3v) is 1.25. The monoisotopic (exact) mass is 171 g/mol. The van der Waals surface area contributed by atoms with Crippen LogP contribution < -0.4 is 5.73 Å². The van der Waals surface area contributed by atoms with E-state index in [2.05, 4.69) is 6.58 Å². The van der Waals surface area contributed by atoms with Crippen LogP contribution >= 0.6 is 11.6 Å². The molecule has 0 spiro atoms. The van der Waals surface area contributed by atoms with E-state index < -0.39 is 0 Å². The summed E-state index contributed by atoms with van der Waals surface area (Å²) in [6.07, 6.45) is 4.25. The molecule has 0 aromatic carbocycles. The molecule has 0 saturated heterocycles. The fraction of sp³-hybridized carbons (Fsp3) is 0.125. The zero-order valence-electron chi connectivity index (χ0n) is 6.30. The number of allylic oxidation sites excluding steroid dienone is 4. The minimum Gasteiger partial charge on any atom is -0.405 e. The molecule has 0 atom stereocenters. The Kier molecular flexibility index (Phi) is 4.30. The number of halogens is 1. The molecule has 0 bridgehead atoms. The minimum absolute atomic E-state index is 0.103. The molecule has 0 aliphatic carbocycles. The molecule has 0 amide bonds. The average Bonchev–Trinajstić information content (AvgIpc) is 1.87. The number of carbonyl (C=O) groups excluding carboxylic acids is 1. The highest BCUT2D eigenvalue weighted by Crippen LogP contribution is 2.06. The lowest BCUT2D eigenvalue weighted by Crippen LogP contribution is -1.90. The first-order valence-corrected chi connectivity index (χ1v) is 3.41. The molecule has 0 saturated carbocycles. The zero-order chi connectivity index (χ0) is 8.85. The van der Waals surface area contributed by atoms with Crippen molar-refractivity contribution >= 4 is 17.4 Å². The molecule has 3 heteroatoms. The van der Waals surface area contributed by atoms with Crippen molar-refractivity contribution in [1.29, 1.82) is 0 Å². The van der Waals surface area contributed by atoms with Gasteiger partial charge in [-0.2, -0.15) is 0 Å². The molecule has 0 rings (SSSR count). The van der Waals surface area contributed by atoms with E-state index in [1.807, 2.05) is 0 Å². The number of rotatable bonds is 3. The van der Waals surface area contributed by atoms with Gasteiger partial charge < -0.3 is 5.73 Å². The minimum atomic E-state index is -0.103. The maximum absolute atomic E-state index is 10.6. The van der Waals surface area contributed by atoms with Crippen molar-refractivity contribution in [3.8, 4) is 0 Å². The van der Waals surface area contributed by atoms with Gasteiger partial charge in [-0.15, -0.1) is 0 Å². The normalized spacial score (nSPS) is 12.0. The Morgan fingerprint density at radius 3 is 2.55 bits per heavy atom. The largest absolute Gasteiger partial charge is 0.405 e. The SMILES string of the molecule is C=C(/C=C(Cl)\C=C/N)C(C)=O. The van der Waals surface area contributed by atoms with Crippen molar-refractivity contribution < 1.29 is 4.79 Å². The van der Waals surface area contributed by atoms with Crippen molar-refractivity contribution in [2.75, 3.05) is 0 Å². The van der Waals surface area contributed by atoms with E-state index in [4.69, 9.17) is 17.3 Å². The number of ketones is 1. The third kappa shape index (κ3) is 4.39. The van der Waals surface area contributed by atoms with Gasteiger partial charge >= 0.3 is 0 Å². The topological polar surface area (TPSA) is 43.1 Å². The summed E-state index contributed by atoms with van der Waals surface area (Å²) < 4.78 is 0. The molecule has 0 radical (unpaired) electrons. The van der Waals surface area contributed by atoms with Crippen LogP contribution in [0.1, 0.15) is 6.92 Å². The molecular weight excluding hydrogens is 162 g/mol. The molecule has 0 aromatic heterocycles. The summed E-state index contributed by atoms with van der Waals surface area (Å²) >= 11 is 5.60. The van der Waals surface area contributed by atoms with Crippen molar-refractivity contribution in [3.05, 3.63) is 35.5 Å². The van der Waals surface area contributed by atoms with Crippen molar-refractivity contribution in [2.24, 2.45) is 5.73 Å². The molecule has 0 aliphatic heterocycles. The van der Waals surface area contributed by atoms with Crippen LogP contribution in [0.2, 0.25) is 0 Å². The summed E-state index contributed by atoms with van der Waals surface area (Å²) in [7, 11) is 0. The van der Waals surface area contributed by atoms with Gasteiger partial charge in [0.15, 0.2) is 5.78 Å². The van der Waals surface area contributed by atoms with Crippen LogP contribution in [0.15, 0.2) is 35.5 Å². The Labute approximate surface area is 71.0 Å². The first-order valence-electron chi connectivity index (χ1n) is 3.03. The Balaban J connectivity index is 4.31. The molecule has 0 fully saturated rings. The second-order valence-corrected chi connectivity index (χ2v) is 2.41. The lowest BCUT2D eigenvalue weighted by atomic mass is 10.2. The number of Topliss-reactive ketones (excluding diaryl/α,β-unsaturated/α-hetero) is 1. The molecular formula is C8H10ClNO. The highest BCUT2D eigenvalue weighted by molar-refractivity contribution is 6.31. The molecule has 60 valence electrons. The number of hydrogen-bond donors (Lipinski definition) is 1. The van der Waals surface area contributed by atoms with Crippen LogP contribution in [0.25, 0.3) is 0 Å². The first kappa shape index (κ1) is 9.98. The van der Waals surface area contributed by atoms with Crippen molar-refractivity contribution in [2.45, 2.75) is 6.92 Å². The summed E-state index contributed by atoms with van der Waals surface area (Å²) in [4.78, 5) is 10.6. The Morgan fingerprint density at radius 2 is 2.18 bits per heavy atom. The molecule has 0 heterocycles. The maximum Gasteiger partial charge on any atom is 0.159 e. The fourth-order valence-corrected chi connectivity index (χ4v) is 0.613. The van der Waals surface area contributed by atoms with Gasteiger partial charge in [-0.25, -0.2) is 0 Å². The highest BCUT2D eigenvalue weighted by atomic mass is 35.5. The summed E-state index contributed by atoms with van der Waals surface area (Å²) in [6, 6.07) is 0.